The summed E-state index contributed by atoms with van der Waals surface area (Å²) in [4.78, 5) is 13.6. The number of amides is 1. The molecule has 2 rings (SSSR count). The summed E-state index contributed by atoms with van der Waals surface area (Å²) in [5.74, 6) is -0.709. The molecular weight excluding hydrogens is 223 g/mol. The van der Waals surface area contributed by atoms with Gasteiger partial charge in [0.05, 0.1) is 11.7 Å². The molecule has 17 heavy (non-hydrogen) atoms. The van der Waals surface area contributed by atoms with Crippen molar-refractivity contribution in [1.29, 1.82) is 0 Å². The van der Waals surface area contributed by atoms with Gasteiger partial charge >= 0.3 is 0 Å². The molecule has 0 spiro atoms. The number of hydrogen-bond donors (Lipinski definition) is 2. The van der Waals surface area contributed by atoms with E-state index in [0.29, 0.717) is 25.1 Å². The number of likely N-dealkylation sites (tertiary alicyclic amines) is 1. The highest BCUT2D eigenvalue weighted by molar-refractivity contribution is 5.99. The molecule has 0 radical (unpaired) electrons. The van der Waals surface area contributed by atoms with Gasteiger partial charge in [-0.25, -0.2) is 4.39 Å². The summed E-state index contributed by atoms with van der Waals surface area (Å²) in [5, 5.41) is 9.50. The van der Waals surface area contributed by atoms with Gasteiger partial charge in [0.25, 0.3) is 5.91 Å². The van der Waals surface area contributed by atoms with E-state index in [1.54, 1.807) is 4.90 Å². The highest BCUT2D eigenvalue weighted by Gasteiger charge is 2.24. The Kier molecular flexibility index (Phi) is 3.28. The molecule has 0 saturated carbocycles. The Morgan fingerprint density at radius 2 is 2.29 bits per heavy atom. The van der Waals surface area contributed by atoms with Crippen LogP contribution in [0.1, 0.15) is 23.2 Å². The number of β-amino-alcohol motifs (C(OH)–C–C–N with tert-alkyl or cyclic N) is 1. The zero-order valence-corrected chi connectivity index (χ0v) is 9.40. The molecule has 1 unspecified atom stereocenters. The fraction of sp³-hybridized carbons (Fsp3) is 0.417. The maximum Gasteiger partial charge on any atom is 0.256 e. The van der Waals surface area contributed by atoms with Crippen LogP contribution in [-0.4, -0.2) is 35.1 Å². The van der Waals surface area contributed by atoms with Gasteiger partial charge in [-0.3, -0.25) is 4.79 Å². The van der Waals surface area contributed by atoms with Crippen molar-refractivity contribution in [3.8, 4) is 0 Å². The first-order valence-electron chi connectivity index (χ1n) is 5.60. The van der Waals surface area contributed by atoms with E-state index in [1.807, 2.05) is 0 Å². The van der Waals surface area contributed by atoms with E-state index < -0.39 is 11.9 Å². The molecule has 1 aromatic rings. The fourth-order valence-electron chi connectivity index (χ4n) is 2.04. The van der Waals surface area contributed by atoms with Gasteiger partial charge in [-0.2, -0.15) is 0 Å². The molecule has 0 aromatic heterocycles. The maximum atomic E-state index is 12.9. The summed E-state index contributed by atoms with van der Waals surface area (Å²) >= 11 is 0. The van der Waals surface area contributed by atoms with Crippen molar-refractivity contribution < 1.29 is 14.3 Å². The number of nitrogens with two attached hydrogens (primary N) is 1. The van der Waals surface area contributed by atoms with Crippen molar-refractivity contribution >= 4 is 11.6 Å². The average molecular weight is 238 g/mol. The normalized spacial score (nSPS) is 20.4. The minimum absolute atomic E-state index is 0.134. The summed E-state index contributed by atoms with van der Waals surface area (Å²) in [6, 6.07) is 3.73. The fourth-order valence-corrected chi connectivity index (χ4v) is 2.04. The van der Waals surface area contributed by atoms with Crippen LogP contribution in [0.3, 0.4) is 0 Å². The second-order valence-corrected chi connectivity index (χ2v) is 4.28. The third-order valence-corrected chi connectivity index (χ3v) is 2.93. The molecule has 1 atom stereocenters. The van der Waals surface area contributed by atoms with Gasteiger partial charge in [0, 0.05) is 18.8 Å². The van der Waals surface area contributed by atoms with Gasteiger partial charge in [-0.1, -0.05) is 0 Å². The van der Waals surface area contributed by atoms with Crippen LogP contribution < -0.4 is 5.73 Å². The van der Waals surface area contributed by atoms with Gasteiger partial charge in [-0.15, -0.1) is 0 Å². The largest absolute Gasteiger partial charge is 0.398 e. The summed E-state index contributed by atoms with van der Waals surface area (Å²) in [7, 11) is 0. The molecule has 4 nitrogen and oxygen atoms in total. The smallest absolute Gasteiger partial charge is 0.256 e. The molecule has 0 bridgehead atoms. The topological polar surface area (TPSA) is 66.6 Å². The second-order valence-electron chi connectivity index (χ2n) is 4.28. The van der Waals surface area contributed by atoms with Crippen molar-refractivity contribution in [2.45, 2.75) is 18.9 Å². The number of carbonyl (C=O) groups excluding carboxylic acids is 1. The Balaban J connectivity index is 2.18. The van der Waals surface area contributed by atoms with Crippen LogP contribution >= 0.6 is 0 Å². The van der Waals surface area contributed by atoms with Gasteiger partial charge < -0.3 is 15.7 Å². The SMILES string of the molecule is Nc1cc(F)ccc1C(=O)N1CCCC(O)C1. The number of benzene rings is 1. The van der Waals surface area contributed by atoms with Crippen LogP contribution in [-0.2, 0) is 0 Å². The van der Waals surface area contributed by atoms with Crippen LogP contribution in [0.15, 0.2) is 18.2 Å². The number of aliphatic hydroxyl groups is 1. The minimum atomic E-state index is -0.477. The summed E-state index contributed by atoms with van der Waals surface area (Å²) in [6.45, 7) is 0.919. The summed E-state index contributed by atoms with van der Waals surface area (Å²) in [5.41, 5.74) is 6.04. The van der Waals surface area contributed by atoms with Crippen molar-refractivity contribution in [3.63, 3.8) is 0 Å². The Hall–Kier alpha value is -1.62. The van der Waals surface area contributed by atoms with E-state index in [2.05, 4.69) is 0 Å². The van der Waals surface area contributed by atoms with E-state index in [0.717, 1.165) is 12.5 Å². The van der Waals surface area contributed by atoms with Gasteiger partial charge in [0.1, 0.15) is 5.82 Å². The zero-order valence-electron chi connectivity index (χ0n) is 9.40. The molecule has 1 aliphatic rings. The molecule has 1 aliphatic heterocycles. The first-order chi connectivity index (χ1) is 8.08. The van der Waals surface area contributed by atoms with Gasteiger partial charge in [-0.05, 0) is 31.0 Å². The number of hydrogen-bond acceptors (Lipinski definition) is 3. The van der Waals surface area contributed by atoms with E-state index in [1.165, 1.54) is 12.1 Å². The summed E-state index contributed by atoms with van der Waals surface area (Å²) in [6.07, 6.45) is 1.01. The van der Waals surface area contributed by atoms with E-state index in [-0.39, 0.29) is 11.6 Å². The van der Waals surface area contributed by atoms with Crippen molar-refractivity contribution in [2.75, 3.05) is 18.8 Å². The van der Waals surface area contributed by atoms with Crippen molar-refractivity contribution in [1.82, 2.24) is 4.90 Å². The van der Waals surface area contributed by atoms with Crippen molar-refractivity contribution in [3.05, 3.63) is 29.6 Å². The predicted octanol–water partition coefficient (Wildman–Crippen LogP) is 1.00. The lowest BCUT2D eigenvalue weighted by atomic mass is 10.1. The van der Waals surface area contributed by atoms with Crippen LogP contribution in [0.25, 0.3) is 0 Å². The molecule has 3 N–H and O–H groups in total. The lowest BCUT2D eigenvalue weighted by Crippen LogP contribution is -2.42. The molecule has 0 aliphatic carbocycles. The Labute approximate surface area is 98.8 Å². The van der Waals surface area contributed by atoms with Crippen LogP contribution in [0.4, 0.5) is 10.1 Å². The number of nitrogens with zero attached hydrogens (tertiary/aromatic N) is 1. The Morgan fingerprint density at radius 1 is 1.53 bits per heavy atom. The highest BCUT2D eigenvalue weighted by Crippen LogP contribution is 2.18. The molecule has 1 aromatic carbocycles. The molecule has 1 amide bonds. The zero-order chi connectivity index (χ0) is 12.4. The molecule has 1 saturated heterocycles. The van der Waals surface area contributed by atoms with E-state index >= 15 is 0 Å². The molecule has 1 heterocycles. The minimum Gasteiger partial charge on any atom is -0.398 e. The van der Waals surface area contributed by atoms with Crippen LogP contribution in [0, 0.1) is 5.82 Å². The second kappa shape index (κ2) is 4.71. The number of halogens is 1. The third kappa shape index (κ3) is 2.55. The van der Waals surface area contributed by atoms with E-state index in [4.69, 9.17) is 5.73 Å². The summed E-state index contributed by atoms with van der Waals surface area (Å²) < 4.78 is 12.9. The highest BCUT2D eigenvalue weighted by atomic mass is 19.1. The third-order valence-electron chi connectivity index (χ3n) is 2.93. The molecular formula is C12H15FN2O2. The molecule has 5 heteroatoms. The predicted molar refractivity (Wildman–Crippen MR) is 62.0 cm³/mol. The maximum absolute atomic E-state index is 12.9. The van der Waals surface area contributed by atoms with Crippen LogP contribution in [0.2, 0.25) is 0 Å². The molecule has 1 fully saturated rings. The number of carbonyl (C=O) groups is 1. The molecule has 92 valence electrons. The Bertz CT molecular complexity index is 437. The number of aliphatic hydroxyl groups excluding tert-OH is 1. The van der Waals surface area contributed by atoms with E-state index in [9.17, 15) is 14.3 Å². The standard InChI is InChI=1S/C12H15FN2O2/c13-8-3-4-10(11(14)6-8)12(17)15-5-1-2-9(16)7-15/h3-4,6,9,16H,1-2,5,7,14H2. The van der Waals surface area contributed by atoms with Gasteiger partial charge in [0.15, 0.2) is 0 Å². The number of anilines is 1. The Morgan fingerprint density at radius 3 is 2.94 bits per heavy atom. The first-order valence-corrected chi connectivity index (χ1v) is 5.60. The number of rotatable bonds is 1. The monoisotopic (exact) mass is 238 g/mol. The van der Waals surface area contributed by atoms with Crippen LogP contribution in [0.5, 0.6) is 0 Å². The number of nitrogen functional groups attached to an aromatic ring is 1. The number of piperidine rings is 1. The van der Waals surface area contributed by atoms with Gasteiger partial charge in [0.2, 0.25) is 0 Å². The lowest BCUT2D eigenvalue weighted by molar-refractivity contribution is 0.0474. The average Bonchev–Trinajstić information content (AvgIpc) is 2.28. The van der Waals surface area contributed by atoms with Crippen molar-refractivity contribution in [2.24, 2.45) is 0 Å². The quantitative estimate of drug-likeness (QED) is 0.717. The first kappa shape index (κ1) is 11.9. The lowest BCUT2D eigenvalue weighted by Gasteiger charge is -2.30.